The lowest BCUT2D eigenvalue weighted by Crippen LogP contribution is -2.51. The molecule has 4 aliphatic carbocycles. The Hall–Kier alpha value is -0.830. The van der Waals surface area contributed by atoms with Crippen molar-refractivity contribution in [2.75, 3.05) is 0 Å². The molecular formula is C22H33O3-. The van der Waals surface area contributed by atoms with Crippen LogP contribution in [-0.4, -0.2) is 17.2 Å². The Kier molecular flexibility index (Phi) is 4.10. The lowest BCUT2D eigenvalue weighted by Gasteiger charge is -2.58. The van der Waals surface area contributed by atoms with E-state index >= 15 is 0 Å². The average Bonchev–Trinajstić information content (AvgIpc) is 2.92. The zero-order valence-corrected chi connectivity index (χ0v) is 16.0. The van der Waals surface area contributed by atoms with Crippen molar-refractivity contribution in [1.82, 2.24) is 0 Å². The van der Waals surface area contributed by atoms with Crippen LogP contribution in [0.4, 0.5) is 0 Å². The van der Waals surface area contributed by atoms with Gasteiger partial charge in [-0.15, -0.1) is 0 Å². The van der Waals surface area contributed by atoms with Crippen molar-refractivity contribution in [2.45, 2.75) is 78.2 Å². The third-order valence-electron chi connectivity index (χ3n) is 9.13. The number of carbonyl (C=O) groups is 1. The van der Waals surface area contributed by atoms with E-state index in [2.05, 4.69) is 19.9 Å². The van der Waals surface area contributed by atoms with Gasteiger partial charge in [0, 0.05) is 5.97 Å². The molecule has 3 nitrogen and oxygen atoms in total. The molecule has 25 heavy (non-hydrogen) atoms. The summed E-state index contributed by atoms with van der Waals surface area (Å²) in [6, 6.07) is 0. The van der Waals surface area contributed by atoms with Gasteiger partial charge in [0.1, 0.15) is 0 Å². The van der Waals surface area contributed by atoms with E-state index in [4.69, 9.17) is 0 Å². The van der Waals surface area contributed by atoms with Crippen LogP contribution in [0.3, 0.4) is 0 Å². The van der Waals surface area contributed by atoms with Crippen molar-refractivity contribution in [2.24, 2.45) is 40.4 Å². The number of hydrogen-bond acceptors (Lipinski definition) is 3. The van der Waals surface area contributed by atoms with Gasteiger partial charge in [-0.05, 0) is 91.8 Å². The summed E-state index contributed by atoms with van der Waals surface area (Å²) in [5, 5.41) is 21.6. The number of allylic oxidation sites excluding steroid dienone is 1. The van der Waals surface area contributed by atoms with Crippen molar-refractivity contribution in [1.29, 1.82) is 0 Å². The lowest BCUT2D eigenvalue weighted by atomic mass is 9.47. The van der Waals surface area contributed by atoms with Gasteiger partial charge in [-0.2, -0.15) is 0 Å². The molecule has 0 saturated heterocycles. The summed E-state index contributed by atoms with van der Waals surface area (Å²) in [7, 11) is 0. The summed E-state index contributed by atoms with van der Waals surface area (Å²) in [4.78, 5) is 11.5. The number of carbonyl (C=O) groups excluding carboxylic acids is 1. The number of aliphatic hydroxyl groups is 1. The molecule has 8 atom stereocenters. The normalized spacial score (nSPS) is 50.2. The van der Waals surface area contributed by atoms with Gasteiger partial charge in [-0.1, -0.05) is 32.4 Å². The van der Waals surface area contributed by atoms with E-state index in [1.165, 1.54) is 18.4 Å². The van der Waals surface area contributed by atoms with Gasteiger partial charge >= 0.3 is 0 Å². The van der Waals surface area contributed by atoms with Gasteiger partial charge in [-0.25, -0.2) is 0 Å². The summed E-state index contributed by atoms with van der Waals surface area (Å²) in [5.41, 5.74) is 1.94. The smallest absolute Gasteiger partial charge is 0.0577 e. The molecule has 0 heterocycles. The van der Waals surface area contributed by atoms with Crippen LogP contribution < -0.4 is 5.11 Å². The second-order valence-corrected chi connectivity index (χ2v) is 9.99. The standard InChI is InChI=1S/C22H34O3/c1-13(20(24)25)17-6-7-18-16-5-4-14-12-15(23)8-10-21(14,2)19(16)9-11-22(17,18)3/h4,13,15-19,23H,5-12H2,1-3H3,(H,24,25)/p-1/t13-,15-,16-,17+,18+,19-,21-,22+/m0/s1. The quantitative estimate of drug-likeness (QED) is 0.781. The van der Waals surface area contributed by atoms with E-state index in [9.17, 15) is 15.0 Å². The first-order valence-electron chi connectivity index (χ1n) is 10.4. The van der Waals surface area contributed by atoms with E-state index in [-0.39, 0.29) is 28.8 Å². The van der Waals surface area contributed by atoms with Crippen molar-refractivity contribution < 1.29 is 15.0 Å². The van der Waals surface area contributed by atoms with E-state index in [1.54, 1.807) is 0 Å². The molecule has 4 rings (SSSR count). The predicted octanol–water partition coefficient (Wildman–Crippen LogP) is 3.31. The zero-order chi connectivity index (χ0) is 18.0. The summed E-state index contributed by atoms with van der Waals surface area (Å²) >= 11 is 0. The fraction of sp³-hybridized carbons (Fsp3) is 0.864. The zero-order valence-electron chi connectivity index (χ0n) is 16.0. The fourth-order valence-corrected chi connectivity index (χ4v) is 7.67. The highest BCUT2D eigenvalue weighted by Gasteiger charge is 2.59. The third kappa shape index (κ3) is 2.44. The van der Waals surface area contributed by atoms with Gasteiger partial charge in [0.2, 0.25) is 0 Å². The largest absolute Gasteiger partial charge is 0.550 e. The summed E-state index contributed by atoms with van der Waals surface area (Å²) in [5.74, 6) is 1.14. The Balaban J connectivity index is 1.63. The molecule has 140 valence electrons. The first kappa shape index (κ1) is 17.6. The molecule has 3 heteroatoms. The van der Waals surface area contributed by atoms with Crippen LogP contribution in [-0.2, 0) is 4.79 Å². The molecule has 0 aliphatic heterocycles. The predicted molar refractivity (Wildman–Crippen MR) is 95.4 cm³/mol. The van der Waals surface area contributed by atoms with Crippen LogP contribution in [0.25, 0.3) is 0 Å². The number of carboxylic acids is 1. The first-order valence-corrected chi connectivity index (χ1v) is 10.4. The molecule has 0 aromatic rings. The summed E-state index contributed by atoms with van der Waals surface area (Å²) < 4.78 is 0. The Labute approximate surface area is 151 Å². The molecule has 0 aromatic heterocycles. The second kappa shape index (κ2) is 5.84. The van der Waals surface area contributed by atoms with Crippen molar-refractivity contribution in [3.8, 4) is 0 Å². The van der Waals surface area contributed by atoms with Crippen LogP contribution in [0.2, 0.25) is 0 Å². The maximum atomic E-state index is 11.5. The van der Waals surface area contributed by atoms with Gasteiger partial charge < -0.3 is 15.0 Å². The number of aliphatic hydroxyl groups excluding tert-OH is 1. The molecule has 3 saturated carbocycles. The average molecular weight is 346 g/mol. The Morgan fingerprint density at radius 3 is 2.68 bits per heavy atom. The first-order chi connectivity index (χ1) is 11.8. The van der Waals surface area contributed by atoms with Crippen molar-refractivity contribution in [3.05, 3.63) is 11.6 Å². The number of carboxylic acid groups (broad SMARTS) is 1. The molecule has 0 unspecified atom stereocenters. The van der Waals surface area contributed by atoms with Gasteiger partial charge in [0.15, 0.2) is 0 Å². The number of fused-ring (bicyclic) bond motifs is 5. The summed E-state index contributed by atoms with van der Waals surface area (Å²) in [6.07, 6.45) is 11.0. The summed E-state index contributed by atoms with van der Waals surface area (Å²) in [6.45, 7) is 6.68. The molecule has 0 amide bonds. The molecule has 4 aliphatic rings. The van der Waals surface area contributed by atoms with Crippen molar-refractivity contribution >= 4 is 5.97 Å². The van der Waals surface area contributed by atoms with E-state index in [1.807, 2.05) is 6.92 Å². The highest BCUT2D eigenvalue weighted by atomic mass is 16.4. The maximum Gasteiger partial charge on any atom is 0.0577 e. The number of hydrogen-bond donors (Lipinski definition) is 1. The number of rotatable bonds is 2. The van der Waals surface area contributed by atoms with Gasteiger partial charge in [-0.3, -0.25) is 0 Å². The highest BCUT2D eigenvalue weighted by Crippen LogP contribution is 2.67. The van der Waals surface area contributed by atoms with Crippen LogP contribution >= 0.6 is 0 Å². The molecule has 0 spiro atoms. The minimum Gasteiger partial charge on any atom is -0.550 e. The Morgan fingerprint density at radius 1 is 1.20 bits per heavy atom. The van der Waals surface area contributed by atoms with Crippen LogP contribution in [0.1, 0.15) is 72.1 Å². The molecule has 3 fully saturated rings. The lowest BCUT2D eigenvalue weighted by molar-refractivity contribution is -0.314. The van der Waals surface area contributed by atoms with Gasteiger partial charge in [0.05, 0.1) is 6.10 Å². The Morgan fingerprint density at radius 2 is 1.96 bits per heavy atom. The molecule has 0 radical (unpaired) electrons. The molecule has 0 bridgehead atoms. The molecular weight excluding hydrogens is 312 g/mol. The minimum atomic E-state index is -0.868. The highest BCUT2D eigenvalue weighted by molar-refractivity contribution is 5.67. The minimum absolute atomic E-state index is 0.149. The van der Waals surface area contributed by atoms with E-state index in [0.717, 1.165) is 44.4 Å². The van der Waals surface area contributed by atoms with E-state index < -0.39 is 5.97 Å². The number of aliphatic carboxylic acids is 1. The van der Waals surface area contributed by atoms with E-state index in [0.29, 0.717) is 11.8 Å². The SMILES string of the molecule is C[C@H](C(=O)[O-])[C@H]1CC[C@@H]2[C@@H]3CC=C4C[C@@H](O)CC[C@]4(C)[C@H]3CC[C@@]21C. The van der Waals surface area contributed by atoms with Crippen LogP contribution in [0, 0.1) is 40.4 Å². The molecule has 1 N–H and O–H groups in total. The fourth-order valence-electron chi connectivity index (χ4n) is 7.67. The molecule has 0 aromatic carbocycles. The third-order valence-corrected chi connectivity index (χ3v) is 9.13. The Bertz CT molecular complexity index is 596. The van der Waals surface area contributed by atoms with Crippen LogP contribution in [0.15, 0.2) is 11.6 Å². The maximum absolute atomic E-state index is 11.5. The van der Waals surface area contributed by atoms with Gasteiger partial charge in [0.25, 0.3) is 0 Å². The van der Waals surface area contributed by atoms with Crippen molar-refractivity contribution in [3.63, 3.8) is 0 Å². The second-order valence-electron chi connectivity index (χ2n) is 9.99. The van der Waals surface area contributed by atoms with Crippen LogP contribution in [0.5, 0.6) is 0 Å². The monoisotopic (exact) mass is 345 g/mol. The topological polar surface area (TPSA) is 60.4 Å².